The molecule has 1 aromatic carbocycles. The number of fused-ring (bicyclic) bond motifs is 3. The van der Waals surface area contributed by atoms with Crippen molar-refractivity contribution in [2.24, 2.45) is 0 Å². The highest BCUT2D eigenvalue weighted by Crippen LogP contribution is 2.38. The van der Waals surface area contributed by atoms with E-state index in [2.05, 4.69) is 25.2 Å². The summed E-state index contributed by atoms with van der Waals surface area (Å²) in [7, 11) is 0. The van der Waals surface area contributed by atoms with Crippen molar-refractivity contribution in [3.63, 3.8) is 0 Å². The van der Waals surface area contributed by atoms with Gasteiger partial charge in [-0.1, -0.05) is 23.9 Å². The summed E-state index contributed by atoms with van der Waals surface area (Å²) >= 11 is 1.44. The predicted molar refractivity (Wildman–Crippen MR) is 114 cm³/mol. The number of anilines is 1. The summed E-state index contributed by atoms with van der Waals surface area (Å²) in [4.78, 5) is 38.7. The summed E-state index contributed by atoms with van der Waals surface area (Å²) in [5.41, 5.74) is 2.21. The molecular formula is C21H19N5O4S. The first kappa shape index (κ1) is 19.6. The summed E-state index contributed by atoms with van der Waals surface area (Å²) < 4.78 is 5.36. The number of thioether (sulfide) groups is 1. The molecule has 2 N–H and O–H groups in total. The van der Waals surface area contributed by atoms with Crippen molar-refractivity contribution in [1.82, 2.24) is 20.3 Å². The van der Waals surface area contributed by atoms with Crippen LogP contribution in [-0.4, -0.2) is 57.3 Å². The Morgan fingerprint density at radius 2 is 2.23 bits per heavy atom. The Morgan fingerprint density at radius 1 is 1.35 bits per heavy atom. The molecule has 2 aromatic heterocycles. The average molecular weight is 437 g/mol. The van der Waals surface area contributed by atoms with E-state index in [0.29, 0.717) is 29.6 Å². The third-order valence-electron chi connectivity index (χ3n) is 5.69. The number of rotatable bonds is 4. The predicted octanol–water partition coefficient (Wildman–Crippen LogP) is 2.66. The molecule has 1 saturated heterocycles. The van der Waals surface area contributed by atoms with Crippen LogP contribution >= 0.6 is 11.8 Å². The second kappa shape index (κ2) is 7.69. The van der Waals surface area contributed by atoms with E-state index in [0.717, 1.165) is 23.8 Å². The van der Waals surface area contributed by atoms with Gasteiger partial charge in [0.1, 0.15) is 17.6 Å². The van der Waals surface area contributed by atoms with Crippen molar-refractivity contribution in [2.45, 2.75) is 23.5 Å². The Kier molecular flexibility index (Phi) is 4.85. The monoisotopic (exact) mass is 437 g/mol. The lowest BCUT2D eigenvalue weighted by molar-refractivity contribution is 0.0690. The van der Waals surface area contributed by atoms with Crippen molar-refractivity contribution in [1.29, 1.82) is 0 Å². The lowest BCUT2D eigenvalue weighted by Crippen LogP contribution is -2.36. The van der Waals surface area contributed by atoms with Crippen LogP contribution in [0.2, 0.25) is 0 Å². The molecular weight excluding hydrogens is 418 g/mol. The number of carboxylic acids is 1. The summed E-state index contributed by atoms with van der Waals surface area (Å²) in [5.74, 6) is -0.0936. The number of carbonyl (C=O) groups is 2. The minimum Gasteiger partial charge on any atom is -0.476 e. The largest absolute Gasteiger partial charge is 0.476 e. The Bertz CT molecular complexity index is 1180. The van der Waals surface area contributed by atoms with E-state index in [1.54, 1.807) is 6.20 Å². The zero-order valence-electron chi connectivity index (χ0n) is 16.6. The molecule has 158 valence electrons. The molecule has 2 atom stereocenters. The molecule has 0 spiro atoms. The first-order valence-electron chi connectivity index (χ1n) is 9.78. The molecule has 31 heavy (non-hydrogen) atoms. The Labute approximate surface area is 181 Å². The van der Waals surface area contributed by atoms with E-state index in [-0.39, 0.29) is 29.5 Å². The van der Waals surface area contributed by atoms with Crippen molar-refractivity contribution < 1.29 is 19.1 Å². The lowest BCUT2D eigenvalue weighted by Gasteiger charge is -2.23. The highest BCUT2D eigenvalue weighted by molar-refractivity contribution is 7.98. The number of carboxylic acid groups (broad SMARTS) is 1. The second-order valence-corrected chi connectivity index (χ2v) is 8.28. The normalized spacial score (nSPS) is 20.0. The number of nitrogens with one attached hydrogen (secondary N) is 1. The maximum absolute atomic E-state index is 12.5. The molecule has 4 heterocycles. The van der Waals surface area contributed by atoms with Gasteiger partial charge in [-0.3, -0.25) is 4.79 Å². The van der Waals surface area contributed by atoms with Crippen LogP contribution in [0.15, 0.2) is 46.3 Å². The molecule has 1 unspecified atom stereocenters. The molecule has 0 saturated carbocycles. The topological polar surface area (TPSA) is 121 Å². The number of aromatic nitrogens is 3. The van der Waals surface area contributed by atoms with Gasteiger partial charge in [-0.2, -0.15) is 0 Å². The minimum atomic E-state index is -1.12. The van der Waals surface area contributed by atoms with Gasteiger partial charge in [0.2, 0.25) is 5.89 Å². The smallest absolute Gasteiger partial charge is 0.357 e. The fourth-order valence-corrected chi connectivity index (χ4v) is 4.52. The number of nitrogens with zero attached hydrogens (tertiary/aromatic N) is 4. The van der Waals surface area contributed by atoms with Crippen LogP contribution in [-0.2, 0) is 0 Å². The van der Waals surface area contributed by atoms with Gasteiger partial charge in [0.05, 0.1) is 0 Å². The Morgan fingerprint density at radius 3 is 3.00 bits per heavy atom. The number of amides is 1. The van der Waals surface area contributed by atoms with Crippen LogP contribution < -0.4 is 10.2 Å². The van der Waals surface area contributed by atoms with E-state index >= 15 is 0 Å². The van der Waals surface area contributed by atoms with Crippen LogP contribution in [0, 0.1) is 0 Å². The maximum Gasteiger partial charge on any atom is 0.357 e. The van der Waals surface area contributed by atoms with Crippen LogP contribution in [0.25, 0.3) is 11.5 Å². The summed E-state index contributed by atoms with van der Waals surface area (Å²) in [6, 6.07) is 7.93. The summed E-state index contributed by atoms with van der Waals surface area (Å²) in [6.45, 7) is 1.26. The van der Waals surface area contributed by atoms with Crippen molar-refractivity contribution in [3.8, 4) is 11.5 Å². The first-order valence-corrected chi connectivity index (χ1v) is 11.0. The fraction of sp³-hybridized carbons (Fsp3) is 0.286. The maximum atomic E-state index is 12.5. The van der Waals surface area contributed by atoms with Gasteiger partial charge in [0, 0.05) is 36.8 Å². The van der Waals surface area contributed by atoms with Crippen LogP contribution in [0.4, 0.5) is 5.82 Å². The highest BCUT2D eigenvalue weighted by Gasteiger charge is 2.38. The van der Waals surface area contributed by atoms with Gasteiger partial charge in [0.25, 0.3) is 5.91 Å². The number of carbonyl (C=O) groups excluding carboxylic acids is 1. The molecule has 0 radical (unpaired) electrons. The van der Waals surface area contributed by atoms with Gasteiger partial charge in [-0.05, 0) is 30.4 Å². The molecule has 5 rings (SSSR count). The SMILES string of the molecule is CSc1ncc2c(n1)N1C[C@H](c3cccc(-c4nc(C(=O)O)co4)c3)CC1CNC2=O. The number of oxazole rings is 1. The highest BCUT2D eigenvalue weighted by atomic mass is 32.2. The first-order chi connectivity index (χ1) is 15.0. The number of benzene rings is 1. The van der Waals surface area contributed by atoms with Gasteiger partial charge in [0.15, 0.2) is 10.9 Å². The standard InChI is InChI=1S/C21H19N5O4S/c1-31-21-23-8-15-17(25-21)26-9-13(6-14(26)7-22-18(15)27)11-3-2-4-12(5-11)19-24-16(10-30-19)20(28)29/h2-5,8,10,13-14H,6-7,9H2,1H3,(H,22,27)(H,28,29)/t13-,14?/m1/s1. The van der Waals surface area contributed by atoms with Crippen LogP contribution in [0.3, 0.4) is 0 Å². The van der Waals surface area contributed by atoms with Crippen molar-refractivity contribution >= 4 is 29.5 Å². The molecule has 10 heteroatoms. The molecule has 3 aromatic rings. The van der Waals surface area contributed by atoms with E-state index in [1.165, 1.54) is 11.8 Å². The second-order valence-electron chi connectivity index (χ2n) is 7.51. The van der Waals surface area contributed by atoms with E-state index in [1.807, 2.05) is 30.5 Å². The van der Waals surface area contributed by atoms with Gasteiger partial charge in [-0.25, -0.2) is 19.7 Å². The van der Waals surface area contributed by atoms with E-state index in [4.69, 9.17) is 9.52 Å². The number of aromatic carboxylic acids is 1. The number of hydrogen-bond donors (Lipinski definition) is 2. The third-order valence-corrected chi connectivity index (χ3v) is 6.25. The van der Waals surface area contributed by atoms with Crippen LogP contribution in [0.5, 0.6) is 0 Å². The lowest BCUT2D eigenvalue weighted by atomic mass is 9.94. The van der Waals surface area contributed by atoms with Gasteiger partial charge in [-0.15, -0.1) is 0 Å². The van der Waals surface area contributed by atoms with E-state index in [9.17, 15) is 9.59 Å². The molecule has 0 bridgehead atoms. The number of hydrogen-bond acceptors (Lipinski definition) is 8. The molecule has 0 aliphatic carbocycles. The van der Waals surface area contributed by atoms with Gasteiger partial charge < -0.3 is 19.7 Å². The molecule has 2 aliphatic rings. The zero-order chi connectivity index (χ0) is 21.5. The van der Waals surface area contributed by atoms with Crippen molar-refractivity contribution in [3.05, 3.63) is 53.5 Å². The average Bonchev–Trinajstić information content (AvgIpc) is 3.43. The van der Waals surface area contributed by atoms with Gasteiger partial charge >= 0.3 is 5.97 Å². The Balaban J connectivity index is 1.45. The molecule has 1 fully saturated rings. The molecule has 9 nitrogen and oxygen atoms in total. The Hall–Kier alpha value is -3.40. The zero-order valence-corrected chi connectivity index (χ0v) is 17.4. The summed E-state index contributed by atoms with van der Waals surface area (Å²) in [6.07, 6.45) is 5.51. The van der Waals surface area contributed by atoms with Crippen LogP contribution in [0.1, 0.15) is 38.7 Å². The quantitative estimate of drug-likeness (QED) is 0.468. The van der Waals surface area contributed by atoms with E-state index < -0.39 is 5.97 Å². The fourth-order valence-electron chi connectivity index (χ4n) is 4.18. The molecule has 1 amide bonds. The summed E-state index contributed by atoms with van der Waals surface area (Å²) in [5, 5.41) is 12.7. The minimum absolute atomic E-state index is 0.119. The molecule has 2 aliphatic heterocycles. The van der Waals surface area contributed by atoms with Crippen molar-refractivity contribution in [2.75, 3.05) is 24.2 Å². The third kappa shape index (κ3) is 3.52.